The Hall–Kier alpha value is -2.69. The van der Waals surface area contributed by atoms with Gasteiger partial charge >= 0.3 is 0 Å². The van der Waals surface area contributed by atoms with Crippen LogP contribution in [0.4, 0.5) is 0 Å². The largest absolute Gasteiger partial charge is 0.395 e. The fourth-order valence-corrected chi connectivity index (χ4v) is 3.12. The van der Waals surface area contributed by atoms with Crippen molar-refractivity contribution in [1.82, 2.24) is 9.47 Å². The van der Waals surface area contributed by atoms with E-state index in [0.717, 1.165) is 22.0 Å². The lowest BCUT2D eigenvalue weighted by molar-refractivity contribution is 0.203. The van der Waals surface area contributed by atoms with Gasteiger partial charge in [0.2, 0.25) is 0 Å². The van der Waals surface area contributed by atoms with Crippen LogP contribution in [0.5, 0.6) is 0 Å². The molecule has 0 aliphatic rings. The number of para-hydroxylation sites is 1. The minimum atomic E-state index is 0.0127. The average molecular weight is 348 g/mol. The summed E-state index contributed by atoms with van der Waals surface area (Å²) in [6.45, 7) is 1.77. The Kier molecular flexibility index (Phi) is 6.00. The molecule has 3 rings (SSSR count). The molecule has 0 radical (unpaired) electrons. The highest BCUT2D eigenvalue weighted by atomic mass is 16.3. The molecule has 0 saturated heterocycles. The van der Waals surface area contributed by atoms with Crippen molar-refractivity contribution in [2.75, 3.05) is 19.7 Å². The van der Waals surface area contributed by atoms with Gasteiger partial charge in [0.1, 0.15) is 0 Å². The molecule has 4 heteroatoms. The van der Waals surface area contributed by atoms with E-state index in [2.05, 4.69) is 17.1 Å². The van der Waals surface area contributed by atoms with Crippen molar-refractivity contribution in [1.29, 1.82) is 0 Å². The summed E-state index contributed by atoms with van der Waals surface area (Å²) < 4.78 is 1.70. The van der Waals surface area contributed by atoms with E-state index in [1.807, 2.05) is 60.7 Å². The number of benzene rings is 2. The zero-order valence-corrected chi connectivity index (χ0v) is 15.0. The molecule has 2 aromatic carbocycles. The molecule has 0 unspecified atom stereocenters. The summed E-state index contributed by atoms with van der Waals surface area (Å²) in [7, 11) is 1.81. The summed E-state index contributed by atoms with van der Waals surface area (Å²) in [6, 6.07) is 19.9. The molecule has 4 nitrogen and oxygen atoms in total. The fourth-order valence-electron chi connectivity index (χ4n) is 3.12. The van der Waals surface area contributed by atoms with Crippen LogP contribution in [0.1, 0.15) is 11.1 Å². The first-order valence-electron chi connectivity index (χ1n) is 8.81. The Morgan fingerprint density at radius 3 is 2.58 bits per heavy atom. The molecule has 1 heterocycles. The second-order valence-corrected chi connectivity index (χ2v) is 6.36. The lowest BCUT2D eigenvalue weighted by Crippen LogP contribution is -2.31. The van der Waals surface area contributed by atoms with Crippen LogP contribution >= 0.6 is 0 Å². The average Bonchev–Trinajstić information content (AvgIpc) is 2.67. The van der Waals surface area contributed by atoms with Gasteiger partial charge in [0, 0.05) is 32.2 Å². The fraction of sp³-hybridized carbons (Fsp3) is 0.227. The Balaban J connectivity index is 1.79. The van der Waals surface area contributed by atoms with Crippen molar-refractivity contribution in [2.24, 2.45) is 7.05 Å². The van der Waals surface area contributed by atoms with Crippen LogP contribution in [0, 0.1) is 0 Å². The van der Waals surface area contributed by atoms with E-state index in [-0.39, 0.29) is 12.2 Å². The van der Waals surface area contributed by atoms with Crippen molar-refractivity contribution in [3.05, 3.63) is 88.2 Å². The quantitative estimate of drug-likeness (QED) is 0.714. The van der Waals surface area contributed by atoms with E-state index in [1.54, 1.807) is 11.6 Å². The third-order valence-electron chi connectivity index (χ3n) is 4.49. The lowest BCUT2D eigenvalue weighted by Gasteiger charge is -2.20. The maximum atomic E-state index is 12.7. The van der Waals surface area contributed by atoms with Gasteiger partial charge in [-0.05, 0) is 23.1 Å². The van der Waals surface area contributed by atoms with E-state index in [1.165, 1.54) is 0 Å². The van der Waals surface area contributed by atoms with Crippen LogP contribution in [0.25, 0.3) is 17.0 Å². The van der Waals surface area contributed by atoms with Gasteiger partial charge in [-0.25, -0.2) is 0 Å². The molecule has 0 spiro atoms. The third-order valence-corrected chi connectivity index (χ3v) is 4.49. The molecule has 0 atom stereocenters. The highest BCUT2D eigenvalue weighted by Crippen LogP contribution is 2.13. The normalized spacial score (nSPS) is 11.7. The van der Waals surface area contributed by atoms with Gasteiger partial charge in [-0.3, -0.25) is 9.69 Å². The molecular formula is C22H24N2O2. The van der Waals surface area contributed by atoms with E-state index in [9.17, 15) is 9.90 Å². The smallest absolute Gasteiger partial charge is 0.255 e. The number of aryl methyl sites for hydroxylation is 1. The minimum Gasteiger partial charge on any atom is -0.395 e. The van der Waals surface area contributed by atoms with E-state index < -0.39 is 0 Å². The van der Waals surface area contributed by atoms with Crippen molar-refractivity contribution < 1.29 is 5.11 Å². The van der Waals surface area contributed by atoms with Gasteiger partial charge in [-0.2, -0.15) is 0 Å². The predicted octanol–water partition coefficient (Wildman–Crippen LogP) is 3.05. The zero-order chi connectivity index (χ0) is 18.4. The van der Waals surface area contributed by atoms with E-state index in [0.29, 0.717) is 19.6 Å². The molecule has 26 heavy (non-hydrogen) atoms. The molecule has 0 aliphatic heterocycles. The summed E-state index contributed by atoms with van der Waals surface area (Å²) in [5.74, 6) is 0. The first-order chi connectivity index (χ1) is 12.7. The summed E-state index contributed by atoms with van der Waals surface area (Å²) in [4.78, 5) is 14.7. The number of aliphatic hydroxyl groups is 1. The summed E-state index contributed by atoms with van der Waals surface area (Å²) >= 11 is 0. The second kappa shape index (κ2) is 8.61. The van der Waals surface area contributed by atoms with Crippen LogP contribution in [0.3, 0.4) is 0 Å². The SMILES string of the molecule is Cn1c(=O)c(CN(C/C=C/c2ccccc2)CCO)cc2ccccc21. The van der Waals surface area contributed by atoms with Crippen molar-refractivity contribution in [2.45, 2.75) is 6.54 Å². The van der Waals surface area contributed by atoms with E-state index >= 15 is 0 Å². The van der Waals surface area contributed by atoms with Crippen LogP contribution in [-0.4, -0.2) is 34.3 Å². The number of rotatable bonds is 7. The number of hydrogen-bond donors (Lipinski definition) is 1. The number of aromatic nitrogens is 1. The van der Waals surface area contributed by atoms with Gasteiger partial charge in [0.15, 0.2) is 0 Å². The number of aliphatic hydroxyl groups excluding tert-OH is 1. The Bertz CT molecular complexity index is 945. The maximum Gasteiger partial charge on any atom is 0.255 e. The number of hydrogen-bond acceptors (Lipinski definition) is 3. The van der Waals surface area contributed by atoms with Crippen molar-refractivity contribution in [3.63, 3.8) is 0 Å². The predicted molar refractivity (Wildman–Crippen MR) is 107 cm³/mol. The second-order valence-electron chi connectivity index (χ2n) is 6.36. The summed E-state index contributed by atoms with van der Waals surface area (Å²) in [5.41, 5.74) is 2.82. The van der Waals surface area contributed by atoms with Gasteiger partial charge in [0.25, 0.3) is 5.56 Å². The Morgan fingerprint density at radius 1 is 1.08 bits per heavy atom. The molecule has 0 fully saturated rings. The van der Waals surface area contributed by atoms with Gasteiger partial charge in [0.05, 0.1) is 12.1 Å². The van der Waals surface area contributed by atoms with Crippen LogP contribution in [0.15, 0.2) is 71.5 Å². The highest BCUT2D eigenvalue weighted by molar-refractivity contribution is 5.79. The molecule has 0 bridgehead atoms. The number of fused-ring (bicyclic) bond motifs is 1. The van der Waals surface area contributed by atoms with Gasteiger partial charge in [-0.15, -0.1) is 0 Å². The zero-order valence-electron chi connectivity index (χ0n) is 15.0. The Labute approximate surface area is 153 Å². The maximum absolute atomic E-state index is 12.7. The standard InChI is InChI=1S/C22H24N2O2/c1-23-21-12-6-5-11-19(21)16-20(22(23)26)17-24(14-15-25)13-7-10-18-8-3-2-4-9-18/h2-12,16,25H,13-15,17H2,1H3/b10-7+. The molecule has 0 saturated carbocycles. The van der Waals surface area contributed by atoms with E-state index in [4.69, 9.17) is 0 Å². The third kappa shape index (κ3) is 4.28. The summed E-state index contributed by atoms with van der Waals surface area (Å²) in [5, 5.41) is 10.4. The first kappa shape index (κ1) is 18.1. The molecule has 0 amide bonds. The van der Waals surface area contributed by atoms with Crippen LogP contribution in [-0.2, 0) is 13.6 Å². The molecular weight excluding hydrogens is 324 g/mol. The van der Waals surface area contributed by atoms with Crippen molar-refractivity contribution in [3.8, 4) is 0 Å². The summed E-state index contributed by atoms with van der Waals surface area (Å²) in [6.07, 6.45) is 4.12. The topological polar surface area (TPSA) is 45.5 Å². The van der Waals surface area contributed by atoms with Gasteiger partial charge in [-0.1, -0.05) is 60.7 Å². The monoisotopic (exact) mass is 348 g/mol. The first-order valence-corrected chi connectivity index (χ1v) is 8.81. The molecule has 1 aromatic heterocycles. The van der Waals surface area contributed by atoms with Crippen LogP contribution in [0.2, 0.25) is 0 Å². The number of nitrogens with zero attached hydrogens (tertiary/aromatic N) is 2. The van der Waals surface area contributed by atoms with Crippen LogP contribution < -0.4 is 5.56 Å². The molecule has 3 aromatic rings. The Morgan fingerprint density at radius 2 is 1.81 bits per heavy atom. The lowest BCUT2D eigenvalue weighted by atomic mass is 10.1. The number of pyridine rings is 1. The molecule has 1 N–H and O–H groups in total. The van der Waals surface area contributed by atoms with Gasteiger partial charge < -0.3 is 9.67 Å². The highest BCUT2D eigenvalue weighted by Gasteiger charge is 2.10. The van der Waals surface area contributed by atoms with Crippen molar-refractivity contribution >= 4 is 17.0 Å². The molecule has 0 aliphatic carbocycles. The minimum absolute atomic E-state index is 0.0127. The molecule has 134 valence electrons.